The van der Waals surface area contributed by atoms with E-state index >= 15 is 0 Å². The number of alkyl halides is 1. The fourth-order valence-corrected chi connectivity index (χ4v) is 1.38. The van der Waals surface area contributed by atoms with Gasteiger partial charge in [0.25, 0.3) is 0 Å². The molecule has 1 N–H and O–H groups in total. The van der Waals surface area contributed by atoms with Crippen molar-refractivity contribution in [3.05, 3.63) is 40.4 Å². The molecule has 1 rings (SSSR count). The van der Waals surface area contributed by atoms with Gasteiger partial charge in [0.2, 0.25) is 0 Å². The van der Waals surface area contributed by atoms with Gasteiger partial charge in [-0.05, 0) is 30.2 Å². The van der Waals surface area contributed by atoms with Crippen molar-refractivity contribution in [2.75, 3.05) is 5.88 Å². The number of carboxylic acids is 1. The van der Waals surface area contributed by atoms with Crippen LogP contribution in [0.4, 0.5) is 0 Å². The molecule has 15 heavy (non-hydrogen) atoms. The van der Waals surface area contributed by atoms with Crippen LogP contribution in [-0.4, -0.2) is 17.0 Å². The van der Waals surface area contributed by atoms with E-state index in [0.717, 1.165) is 6.42 Å². The highest BCUT2D eigenvalue weighted by atomic mass is 35.5. The molecule has 0 spiro atoms. The Kier molecular flexibility index (Phi) is 4.66. The SMILES string of the molecule is O=C(O)c1ccc(Cl)c(C=CCCCl)c1. The van der Waals surface area contributed by atoms with Gasteiger partial charge in [-0.3, -0.25) is 0 Å². The number of hydrogen-bond donors (Lipinski definition) is 1. The molecule has 2 nitrogen and oxygen atoms in total. The summed E-state index contributed by atoms with van der Waals surface area (Å²) in [5.74, 6) is -0.425. The molecule has 0 aliphatic heterocycles. The van der Waals surface area contributed by atoms with Gasteiger partial charge >= 0.3 is 5.97 Å². The normalized spacial score (nSPS) is 10.8. The van der Waals surface area contributed by atoms with E-state index in [-0.39, 0.29) is 5.56 Å². The standard InChI is InChI=1S/C11H10Cl2O2/c12-6-2-1-3-8-7-9(11(14)15)4-5-10(8)13/h1,3-5,7H,2,6H2,(H,14,15). The van der Waals surface area contributed by atoms with Crippen molar-refractivity contribution in [3.8, 4) is 0 Å². The molecule has 0 aliphatic rings. The summed E-state index contributed by atoms with van der Waals surface area (Å²) < 4.78 is 0. The number of aromatic carboxylic acids is 1. The maximum Gasteiger partial charge on any atom is 0.335 e. The molecule has 0 heterocycles. The van der Waals surface area contributed by atoms with Crippen molar-refractivity contribution in [2.45, 2.75) is 6.42 Å². The second-order valence-electron chi connectivity index (χ2n) is 2.92. The van der Waals surface area contributed by atoms with E-state index in [1.165, 1.54) is 12.1 Å². The molecule has 0 aliphatic carbocycles. The maximum absolute atomic E-state index is 10.7. The topological polar surface area (TPSA) is 37.3 Å². The van der Waals surface area contributed by atoms with Crippen molar-refractivity contribution >= 4 is 35.2 Å². The summed E-state index contributed by atoms with van der Waals surface area (Å²) in [7, 11) is 0. The van der Waals surface area contributed by atoms with Crippen molar-refractivity contribution < 1.29 is 9.90 Å². The lowest BCUT2D eigenvalue weighted by molar-refractivity contribution is 0.0697. The Bertz CT molecular complexity index is 386. The van der Waals surface area contributed by atoms with Crippen LogP contribution in [0, 0.1) is 0 Å². The van der Waals surface area contributed by atoms with Crippen LogP contribution in [-0.2, 0) is 0 Å². The fraction of sp³-hybridized carbons (Fsp3) is 0.182. The first kappa shape index (κ1) is 12.1. The monoisotopic (exact) mass is 244 g/mol. The van der Waals surface area contributed by atoms with Gasteiger partial charge in [-0.15, -0.1) is 11.6 Å². The largest absolute Gasteiger partial charge is 0.478 e. The highest BCUT2D eigenvalue weighted by Crippen LogP contribution is 2.19. The van der Waals surface area contributed by atoms with Crippen molar-refractivity contribution in [2.24, 2.45) is 0 Å². The van der Waals surface area contributed by atoms with Crippen molar-refractivity contribution in [1.29, 1.82) is 0 Å². The molecule has 80 valence electrons. The minimum Gasteiger partial charge on any atom is -0.478 e. The minimum absolute atomic E-state index is 0.227. The number of carboxylic acid groups (broad SMARTS) is 1. The third-order valence-electron chi connectivity index (χ3n) is 1.82. The first-order chi connectivity index (χ1) is 7.15. The Labute approximate surface area is 98.1 Å². The molecule has 0 atom stereocenters. The van der Waals surface area contributed by atoms with Gasteiger partial charge in [-0.1, -0.05) is 23.8 Å². The Balaban J connectivity index is 2.95. The van der Waals surface area contributed by atoms with E-state index in [2.05, 4.69) is 0 Å². The zero-order valence-electron chi connectivity index (χ0n) is 7.91. The van der Waals surface area contributed by atoms with E-state index in [9.17, 15) is 4.79 Å². The van der Waals surface area contributed by atoms with Gasteiger partial charge in [0.05, 0.1) is 5.56 Å². The number of rotatable bonds is 4. The fourth-order valence-electron chi connectivity index (χ4n) is 1.08. The molecule has 0 saturated heterocycles. The lowest BCUT2D eigenvalue weighted by atomic mass is 10.1. The Morgan fingerprint density at radius 1 is 1.47 bits per heavy atom. The average molecular weight is 245 g/mol. The Morgan fingerprint density at radius 2 is 2.20 bits per heavy atom. The summed E-state index contributed by atoms with van der Waals surface area (Å²) in [4.78, 5) is 10.7. The van der Waals surface area contributed by atoms with Gasteiger partial charge < -0.3 is 5.11 Å². The molecular weight excluding hydrogens is 235 g/mol. The summed E-state index contributed by atoms with van der Waals surface area (Å²) in [5, 5.41) is 9.32. The number of halogens is 2. The van der Waals surface area contributed by atoms with Crippen molar-refractivity contribution in [3.63, 3.8) is 0 Å². The Morgan fingerprint density at radius 3 is 2.80 bits per heavy atom. The smallest absolute Gasteiger partial charge is 0.335 e. The molecule has 0 amide bonds. The summed E-state index contributed by atoms with van der Waals surface area (Å²) in [6.07, 6.45) is 4.37. The van der Waals surface area contributed by atoms with Gasteiger partial charge in [-0.2, -0.15) is 0 Å². The third kappa shape index (κ3) is 3.57. The van der Waals surface area contributed by atoms with E-state index in [1.54, 1.807) is 12.1 Å². The van der Waals surface area contributed by atoms with Crippen LogP contribution in [0.5, 0.6) is 0 Å². The molecule has 0 aromatic heterocycles. The molecule has 1 aromatic rings. The lowest BCUT2D eigenvalue weighted by Gasteiger charge is -2.00. The molecular formula is C11H10Cl2O2. The second kappa shape index (κ2) is 5.79. The van der Waals surface area contributed by atoms with Crippen LogP contribution in [0.2, 0.25) is 5.02 Å². The predicted octanol–water partition coefficient (Wildman–Crippen LogP) is 3.68. The van der Waals surface area contributed by atoms with Gasteiger partial charge in [0, 0.05) is 10.9 Å². The van der Waals surface area contributed by atoms with Gasteiger partial charge in [0.15, 0.2) is 0 Å². The van der Waals surface area contributed by atoms with E-state index in [0.29, 0.717) is 16.5 Å². The van der Waals surface area contributed by atoms with Crippen LogP contribution in [0.1, 0.15) is 22.3 Å². The highest BCUT2D eigenvalue weighted by molar-refractivity contribution is 6.32. The lowest BCUT2D eigenvalue weighted by Crippen LogP contribution is -1.96. The molecule has 0 fully saturated rings. The first-order valence-electron chi connectivity index (χ1n) is 4.40. The third-order valence-corrected chi connectivity index (χ3v) is 2.38. The van der Waals surface area contributed by atoms with Crippen LogP contribution < -0.4 is 0 Å². The predicted molar refractivity (Wildman–Crippen MR) is 62.8 cm³/mol. The van der Waals surface area contributed by atoms with Crippen LogP contribution in [0.3, 0.4) is 0 Å². The molecule has 1 aromatic carbocycles. The number of hydrogen-bond acceptors (Lipinski definition) is 1. The van der Waals surface area contributed by atoms with E-state index < -0.39 is 5.97 Å². The average Bonchev–Trinajstić information content (AvgIpc) is 2.20. The van der Waals surface area contributed by atoms with Crippen molar-refractivity contribution in [1.82, 2.24) is 0 Å². The van der Waals surface area contributed by atoms with E-state index in [1.807, 2.05) is 6.08 Å². The highest BCUT2D eigenvalue weighted by Gasteiger charge is 2.04. The molecule has 4 heteroatoms. The number of allylic oxidation sites excluding steroid dienone is 1. The van der Waals surface area contributed by atoms with Crippen LogP contribution >= 0.6 is 23.2 Å². The minimum atomic E-state index is -0.960. The second-order valence-corrected chi connectivity index (χ2v) is 3.71. The molecule has 0 radical (unpaired) electrons. The van der Waals surface area contributed by atoms with E-state index in [4.69, 9.17) is 28.3 Å². The van der Waals surface area contributed by atoms with Crippen LogP contribution in [0.15, 0.2) is 24.3 Å². The summed E-state index contributed by atoms with van der Waals surface area (Å²) in [6.45, 7) is 0. The zero-order chi connectivity index (χ0) is 11.3. The summed E-state index contributed by atoms with van der Waals surface area (Å²) in [6, 6.07) is 4.59. The molecule has 0 saturated carbocycles. The molecule has 0 bridgehead atoms. The van der Waals surface area contributed by atoms with Gasteiger partial charge in [-0.25, -0.2) is 4.79 Å². The van der Waals surface area contributed by atoms with Crippen LogP contribution in [0.25, 0.3) is 6.08 Å². The maximum atomic E-state index is 10.7. The summed E-state index contributed by atoms with van der Waals surface area (Å²) >= 11 is 11.4. The zero-order valence-corrected chi connectivity index (χ0v) is 9.42. The molecule has 0 unspecified atom stereocenters. The quantitative estimate of drug-likeness (QED) is 0.821. The first-order valence-corrected chi connectivity index (χ1v) is 5.31. The van der Waals surface area contributed by atoms with Gasteiger partial charge in [0.1, 0.15) is 0 Å². The Hall–Kier alpha value is -0.990. The summed E-state index contributed by atoms with van der Waals surface area (Å²) in [5.41, 5.74) is 0.923. The number of benzene rings is 1. The number of carbonyl (C=O) groups is 1.